The molecule has 0 bridgehead atoms. The summed E-state index contributed by atoms with van der Waals surface area (Å²) in [5, 5.41) is 10.3. The minimum Gasteiger partial charge on any atom is -0.494 e. The second-order valence-electron chi connectivity index (χ2n) is 7.33. The lowest BCUT2D eigenvalue weighted by atomic mass is 9.86. The van der Waals surface area contributed by atoms with E-state index in [-0.39, 0.29) is 17.8 Å². The number of unbranched alkanes of at least 4 members (excludes halogenated alkanes) is 2. The van der Waals surface area contributed by atoms with E-state index in [2.05, 4.69) is 13.0 Å². The molecule has 0 radical (unpaired) electrons. The number of aliphatic hydroxyl groups is 1. The van der Waals surface area contributed by atoms with Crippen molar-refractivity contribution in [1.82, 2.24) is 0 Å². The van der Waals surface area contributed by atoms with E-state index >= 15 is 0 Å². The van der Waals surface area contributed by atoms with Crippen LogP contribution in [0.1, 0.15) is 63.1 Å². The van der Waals surface area contributed by atoms with Crippen molar-refractivity contribution in [2.45, 2.75) is 65.4 Å². The van der Waals surface area contributed by atoms with Gasteiger partial charge in [-0.05, 0) is 61.9 Å². The topological polar surface area (TPSA) is 29.5 Å². The molecule has 1 N–H and O–H groups in total. The monoisotopic (exact) mass is 372 g/mol. The number of benzene rings is 2. The Kier molecular flexibility index (Phi) is 8.80. The molecule has 2 unspecified atom stereocenters. The summed E-state index contributed by atoms with van der Waals surface area (Å²) in [4.78, 5) is 0. The Balaban J connectivity index is 2.27. The largest absolute Gasteiger partial charge is 0.494 e. The van der Waals surface area contributed by atoms with Gasteiger partial charge >= 0.3 is 0 Å². The van der Waals surface area contributed by atoms with Gasteiger partial charge in [0.15, 0.2) is 0 Å². The first-order chi connectivity index (χ1) is 13.0. The lowest BCUT2D eigenvalue weighted by molar-refractivity contribution is 0.118. The lowest BCUT2D eigenvalue weighted by Gasteiger charge is -2.23. The van der Waals surface area contributed by atoms with Gasteiger partial charge in [-0.25, -0.2) is 4.39 Å². The summed E-state index contributed by atoms with van der Waals surface area (Å²) in [7, 11) is 0. The Morgan fingerprint density at radius 1 is 1.04 bits per heavy atom. The second-order valence-corrected chi connectivity index (χ2v) is 7.33. The molecule has 148 valence electrons. The Hall–Kier alpha value is -1.87. The molecule has 3 heteroatoms. The van der Waals surface area contributed by atoms with Crippen LogP contribution in [-0.4, -0.2) is 17.8 Å². The molecule has 0 saturated heterocycles. The molecule has 2 rings (SSSR count). The number of ether oxygens (including phenoxy) is 1. The molecule has 0 fully saturated rings. The van der Waals surface area contributed by atoms with Gasteiger partial charge in [-0.1, -0.05) is 50.5 Å². The van der Waals surface area contributed by atoms with Crippen molar-refractivity contribution >= 4 is 0 Å². The van der Waals surface area contributed by atoms with Crippen LogP contribution in [0.5, 0.6) is 5.75 Å². The molecule has 0 aliphatic carbocycles. The fourth-order valence-electron chi connectivity index (χ4n) is 3.55. The van der Waals surface area contributed by atoms with E-state index in [9.17, 15) is 9.50 Å². The molecule has 0 aliphatic rings. The maximum Gasteiger partial charge on any atom is 0.123 e. The summed E-state index contributed by atoms with van der Waals surface area (Å²) in [6, 6.07) is 12.8. The van der Waals surface area contributed by atoms with Crippen LogP contribution in [0.25, 0.3) is 0 Å². The highest BCUT2D eigenvalue weighted by Gasteiger charge is 2.19. The van der Waals surface area contributed by atoms with Crippen molar-refractivity contribution in [3.8, 4) is 5.75 Å². The third kappa shape index (κ3) is 6.66. The number of hydrogen-bond acceptors (Lipinski definition) is 2. The molecule has 2 nitrogen and oxygen atoms in total. The van der Waals surface area contributed by atoms with E-state index in [0.717, 1.165) is 36.1 Å². The summed E-state index contributed by atoms with van der Waals surface area (Å²) >= 11 is 0. The first-order valence-electron chi connectivity index (χ1n) is 10.2. The van der Waals surface area contributed by atoms with E-state index in [1.54, 1.807) is 0 Å². The summed E-state index contributed by atoms with van der Waals surface area (Å²) in [5.41, 5.74) is 3.42. The third-order valence-corrected chi connectivity index (χ3v) is 5.17. The zero-order valence-corrected chi connectivity index (χ0v) is 16.9. The molecular weight excluding hydrogens is 339 g/mol. The Labute approximate surface area is 163 Å². The zero-order valence-electron chi connectivity index (χ0n) is 16.9. The first-order valence-corrected chi connectivity index (χ1v) is 10.2. The SMILES string of the molecule is CCCCCC(Cc1cccc(OCC)c1Cc1ccc(F)cc1)C(C)O. The molecular formula is C24H33FO2. The van der Waals surface area contributed by atoms with Crippen molar-refractivity contribution in [2.24, 2.45) is 5.92 Å². The van der Waals surface area contributed by atoms with Crippen LogP contribution in [-0.2, 0) is 12.8 Å². The number of aliphatic hydroxyl groups excluding tert-OH is 1. The maximum absolute atomic E-state index is 13.3. The predicted molar refractivity (Wildman–Crippen MR) is 110 cm³/mol. The second kappa shape index (κ2) is 11.1. The van der Waals surface area contributed by atoms with E-state index in [0.29, 0.717) is 13.0 Å². The first kappa shape index (κ1) is 21.4. The highest BCUT2D eigenvalue weighted by Crippen LogP contribution is 2.29. The minimum absolute atomic E-state index is 0.220. The standard InChI is InChI=1S/C24H33FO2/c1-4-6-7-9-20(18(3)26)17-21-10-8-11-24(27-5-2)23(21)16-19-12-14-22(25)15-13-19/h8,10-15,18,20,26H,4-7,9,16-17H2,1-3H3. The maximum atomic E-state index is 13.3. The van der Waals surface area contributed by atoms with Crippen LogP contribution >= 0.6 is 0 Å². The van der Waals surface area contributed by atoms with E-state index in [1.165, 1.54) is 30.5 Å². The number of halogens is 1. The smallest absolute Gasteiger partial charge is 0.123 e. The van der Waals surface area contributed by atoms with Gasteiger partial charge in [-0.15, -0.1) is 0 Å². The lowest BCUT2D eigenvalue weighted by Crippen LogP contribution is -2.20. The summed E-state index contributed by atoms with van der Waals surface area (Å²) in [6.45, 7) is 6.68. The quantitative estimate of drug-likeness (QED) is 0.495. The highest BCUT2D eigenvalue weighted by atomic mass is 19.1. The molecule has 2 atom stereocenters. The molecule has 0 saturated carbocycles. The highest BCUT2D eigenvalue weighted by molar-refractivity contribution is 5.44. The minimum atomic E-state index is -0.337. The average molecular weight is 373 g/mol. The van der Waals surface area contributed by atoms with Crippen molar-refractivity contribution in [2.75, 3.05) is 6.61 Å². The van der Waals surface area contributed by atoms with Gasteiger partial charge < -0.3 is 9.84 Å². The molecule has 0 spiro atoms. The van der Waals surface area contributed by atoms with Gasteiger partial charge in [-0.3, -0.25) is 0 Å². The van der Waals surface area contributed by atoms with E-state index < -0.39 is 0 Å². The Morgan fingerprint density at radius 2 is 1.78 bits per heavy atom. The summed E-state index contributed by atoms with van der Waals surface area (Å²) in [5.74, 6) is 0.903. The molecule has 0 aromatic heterocycles. The Morgan fingerprint density at radius 3 is 2.41 bits per heavy atom. The number of hydrogen-bond donors (Lipinski definition) is 1. The van der Waals surface area contributed by atoms with Gasteiger partial charge in [0.25, 0.3) is 0 Å². The molecule has 27 heavy (non-hydrogen) atoms. The van der Waals surface area contributed by atoms with Crippen LogP contribution in [0.2, 0.25) is 0 Å². The van der Waals surface area contributed by atoms with Crippen molar-refractivity contribution < 1.29 is 14.2 Å². The predicted octanol–water partition coefficient (Wildman–Crippen LogP) is 5.94. The van der Waals surface area contributed by atoms with E-state index in [4.69, 9.17) is 4.74 Å². The van der Waals surface area contributed by atoms with Crippen LogP contribution < -0.4 is 4.74 Å². The molecule has 0 aliphatic heterocycles. The van der Waals surface area contributed by atoms with Crippen LogP contribution in [0.15, 0.2) is 42.5 Å². The average Bonchev–Trinajstić information content (AvgIpc) is 2.65. The molecule has 2 aromatic carbocycles. The fraction of sp³-hybridized carbons (Fsp3) is 0.500. The number of rotatable bonds is 11. The van der Waals surface area contributed by atoms with E-state index in [1.807, 2.05) is 38.1 Å². The zero-order chi connectivity index (χ0) is 19.6. The normalized spacial score (nSPS) is 13.4. The fourth-order valence-corrected chi connectivity index (χ4v) is 3.55. The van der Waals surface area contributed by atoms with Crippen molar-refractivity contribution in [3.05, 3.63) is 65.0 Å². The van der Waals surface area contributed by atoms with Gasteiger partial charge in [0.1, 0.15) is 11.6 Å². The van der Waals surface area contributed by atoms with Crippen molar-refractivity contribution in [1.29, 1.82) is 0 Å². The molecule has 0 amide bonds. The van der Waals surface area contributed by atoms with Crippen LogP contribution in [0, 0.1) is 11.7 Å². The van der Waals surface area contributed by atoms with Gasteiger partial charge in [0, 0.05) is 12.0 Å². The van der Waals surface area contributed by atoms with Crippen LogP contribution in [0.4, 0.5) is 4.39 Å². The van der Waals surface area contributed by atoms with Crippen LogP contribution in [0.3, 0.4) is 0 Å². The molecule has 2 aromatic rings. The third-order valence-electron chi connectivity index (χ3n) is 5.17. The summed E-state index contributed by atoms with van der Waals surface area (Å²) < 4.78 is 19.1. The summed E-state index contributed by atoms with van der Waals surface area (Å²) in [6.07, 6.45) is 5.75. The van der Waals surface area contributed by atoms with Gasteiger partial charge in [0.05, 0.1) is 12.7 Å². The van der Waals surface area contributed by atoms with Gasteiger partial charge in [0.2, 0.25) is 0 Å². The Bertz CT molecular complexity index is 679. The van der Waals surface area contributed by atoms with Crippen molar-refractivity contribution in [3.63, 3.8) is 0 Å². The molecule has 0 heterocycles. The van der Waals surface area contributed by atoms with Gasteiger partial charge in [-0.2, -0.15) is 0 Å².